The molecular formula is C38H55NO8S. The number of rotatable bonds is 8. The molecule has 10 heteroatoms. The molecule has 10 atom stereocenters. The molecule has 0 saturated heterocycles. The number of carbonyl (C=O) groups excluding carboxylic acids is 2. The van der Waals surface area contributed by atoms with Gasteiger partial charge in [0.2, 0.25) is 0 Å². The third-order valence-electron chi connectivity index (χ3n) is 13.2. The van der Waals surface area contributed by atoms with Gasteiger partial charge in [-0.2, -0.15) is 0 Å². The molecule has 0 radical (unpaired) electrons. The second-order valence-corrected chi connectivity index (χ2v) is 17.6. The Hall–Kier alpha value is -2.69. The van der Waals surface area contributed by atoms with Gasteiger partial charge in [-0.1, -0.05) is 39.3 Å². The fourth-order valence-electron chi connectivity index (χ4n) is 10.8. The largest absolute Gasteiger partial charge is 0.497 e. The number of benzene rings is 1. The van der Waals surface area contributed by atoms with Crippen molar-refractivity contribution in [2.75, 3.05) is 7.11 Å². The van der Waals surface area contributed by atoms with Gasteiger partial charge < -0.3 is 19.7 Å². The van der Waals surface area contributed by atoms with Gasteiger partial charge in [0.25, 0.3) is 15.9 Å². The van der Waals surface area contributed by atoms with Gasteiger partial charge in [0.1, 0.15) is 11.9 Å². The summed E-state index contributed by atoms with van der Waals surface area (Å²) < 4.78 is 40.5. The Kier molecular flexibility index (Phi) is 10.1. The summed E-state index contributed by atoms with van der Waals surface area (Å²) in [7, 11) is -2.75. The summed E-state index contributed by atoms with van der Waals surface area (Å²) >= 11 is 0. The number of hydrogen-bond acceptors (Lipinski definition) is 8. The summed E-state index contributed by atoms with van der Waals surface area (Å²) in [6.07, 6.45) is 5.15. The number of methoxy groups -OCH3 is 1. The Morgan fingerprint density at radius 3 is 2.27 bits per heavy atom. The minimum Gasteiger partial charge on any atom is -0.497 e. The van der Waals surface area contributed by atoms with Gasteiger partial charge in [0.15, 0.2) is 0 Å². The van der Waals surface area contributed by atoms with Crippen molar-refractivity contribution < 1.29 is 37.7 Å². The maximum absolute atomic E-state index is 14.3. The molecule has 0 bridgehead atoms. The van der Waals surface area contributed by atoms with Crippen molar-refractivity contribution in [1.29, 1.82) is 0 Å². The van der Waals surface area contributed by atoms with Crippen LogP contribution in [-0.2, 0) is 24.3 Å². The first-order chi connectivity index (χ1) is 22.4. The van der Waals surface area contributed by atoms with Gasteiger partial charge in [0.05, 0.1) is 24.2 Å². The lowest BCUT2D eigenvalue weighted by molar-refractivity contribution is -0.234. The van der Waals surface area contributed by atoms with E-state index in [1.807, 2.05) is 19.9 Å². The molecule has 0 aromatic heterocycles. The molecule has 0 heterocycles. The topological polar surface area (TPSA) is 139 Å². The van der Waals surface area contributed by atoms with Crippen LogP contribution in [0.15, 0.2) is 52.0 Å². The number of nitrogens with one attached hydrogen (secondary N) is 1. The third kappa shape index (κ3) is 6.15. The highest BCUT2D eigenvalue weighted by Crippen LogP contribution is 2.74. The molecule has 266 valence electrons. The quantitative estimate of drug-likeness (QED) is 0.170. The standard InChI is InChI=1S/C38H55NO8S/c1-22(2)10-9-11-27(35(43)39-48(44,45)26-14-12-25(46-8)13-15-26)33-29-20-31(42)34-36(5)18-17-30(41)23(3)28(36)16-19-37(34,6)38(29,7)21-32(33)47-24(4)40/h10,12-15,23,28-32,34,41-42H,9,11,16-21H2,1-8H3,(H,39,43)/b33-27-/t23-,28-,29-,30+,31+,32-,34-,36-,37-,38-/m0/s1. The highest BCUT2D eigenvalue weighted by Gasteiger charge is 2.70. The second kappa shape index (κ2) is 13.2. The maximum atomic E-state index is 14.3. The molecule has 4 aliphatic carbocycles. The predicted molar refractivity (Wildman–Crippen MR) is 183 cm³/mol. The number of sulfonamides is 1. The van der Waals surface area contributed by atoms with Crippen LogP contribution in [-0.4, -0.2) is 55.9 Å². The molecule has 5 rings (SSSR count). The van der Waals surface area contributed by atoms with Crippen molar-refractivity contribution in [3.63, 3.8) is 0 Å². The van der Waals surface area contributed by atoms with E-state index in [2.05, 4.69) is 32.4 Å². The summed E-state index contributed by atoms with van der Waals surface area (Å²) in [4.78, 5) is 26.8. The van der Waals surface area contributed by atoms with E-state index < -0.39 is 39.5 Å². The summed E-state index contributed by atoms with van der Waals surface area (Å²) in [6, 6.07) is 5.82. The number of allylic oxidation sites excluding steroid dienone is 2. The van der Waals surface area contributed by atoms with Crippen LogP contribution in [0, 0.1) is 39.9 Å². The Labute approximate surface area is 286 Å². The van der Waals surface area contributed by atoms with Crippen LogP contribution in [0.2, 0.25) is 0 Å². The monoisotopic (exact) mass is 685 g/mol. The van der Waals surface area contributed by atoms with Crippen LogP contribution in [0.5, 0.6) is 5.75 Å². The molecule has 0 unspecified atom stereocenters. The number of amides is 1. The van der Waals surface area contributed by atoms with E-state index >= 15 is 0 Å². The van der Waals surface area contributed by atoms with E-state index in [0.29, 0.717) is 42.6 Å². The average Bonchev–Trinajstić information content (AvgIpc) is 3.28. The molecular weight excluding hydrogens is 630 g/mol. The Morgan fingerprint density at radius 1 is 1.00 bits per heavy atom. The molecule has 1 aromatic rings. The number of carbonyl (C=O) groups is 2. The smallest absolute Gasteiger partial charge is 0.303 e. The molecule has 9 nitrogen and oxygen atoms in total. The SMILES string of the molecule is COc1ccc(S(=O)(=O)NC(=O)/C(CCC=C(C)C)=C2\[C@@H](OC(C)=O)C[C@@]3(C)[C@H]2C[C@@H](O)[C@H]2[C@@]4(C)CC[C@@H](O)[C@@H](C)[C@@H]4CC[C@@]23C)cc1. The van der Waals surface area contributed by atoms with Gasteiger partial charge in [-0.25, -0.2) is 13.1 Å². The fourth-order valence-corrected chi connectivity index (χ4v) is 11.8. The summed E-state index contributed by atoms with van der Waals surface area (Å²) in [5, 5.41) is 23.0. The zero-order chi connectivity index (χ0) is 35.4. The first kappa shape index (κ1) is 36.6. The number of aliphatic hydroxyl groups excluding tert-OH is 2. The molecule has 4 aliphatic rings. The molecule has 4 saturated carbocycles. The predicted octanol–water partition coefficient (Wildman–Crippen LogP) is 6.10. The van der Waals surface area contributed by atoms with Gasteiger partial charge in [0, 0.05) is 12.5 Å². The minimum atomic E-state index is -4.24. The molecule has 0 spiro atoms. The number of ether oxygens (including phenoxy) is 2. The Morgan fingerprint density at radius 2 is 1.67 bits per heavy atom. The van der Waals surface area contributed by atoms with Crippen molar-refractivity contribution in [2.45, 2.75) is 123 Å². The van der Waals surface area contributed by atoms with E-state index in [1.54, 1.807) is 0 Å². The van der Waals surface area contributed by atoms with Gasteiger partial charge in [-0.05, 0) is 135 Å². The van der Waals surface area contributed by atoms with E-state index in [0.717, 1.165) is 24.8 Å². The third-order valence-corrected chi connectivity index (χ3v) is 14.5. The van der Waals surface area contributed by atoms with E-state index in [9.17, 15) is 28.2 Å². The highest BCUT2D eigenvalue weighted by molar-refractivity contribution is 7.90. The van der Waals surface area contributed by atoms with Crippen molar-refractivity contribution >= 4 is 21.9 Å². The highest BCUT2D eigenvalue weighted by atomic mass is 32.2. The first-order valence-electron chi connectivity index (χ1n) is 17.5. The van der Waals surface area contributed by atoms with Gasteiger partial charge >= 0.3 is 5.97 Å². The van der Waals surface area contributed by atoms with Crippen molar-refractivity contribution in [3.05, 3.63) is 47.1 Å². The minimum absolute atomic E-state index is 0.0457. The van der Waals surface area contributed by atoms with E-state index in [1.165, 1.54) is 38.3 Å². The Balaban J connectivity index is 1.61. The van der Waals surface area contributed by atoms with Crippen molar-refractivity contribution in [1.82, 2.24) is 4.72 Å². The normalized spacial score (nSPS) is 38.5. The lowest BCUT2D eigenvalue weighted by Crippen LogP contribution is -2.65. The van der Waals surface area contributed by atoms with E-state index in [-0.39, 0.29) is 51.9 Å². The summed E-state index contributed by atoms with van der Waals surface area (Å²) in [5.74, 6) is -0.653. The van der Waals surface area contributed by atoms with Gasteiger partial charge in [-0.3, -0.25) is 9.59 Å². The molecule has 1 amide bonds. The second-order valence-electron chi connectivity index (χ2n) is 16.0. The molecule has 4 fully saturated rings. The fraction of sp³-hybridized carbons (Fsp3) is 0.684. The van der Waals surface area contributed by atoms with Crippen LogP contribution in [0.1, 0.15) is 99.8 Å². The average molecular weight is 686 g/mol. The lowest BCUT2D eigenvalue weighted by atomic mass is 9.36. The van der Waals surface area contributed by atoms with Crippen LogP contribution < -0.4 is 9.46 Å². The van der Waals surface area contributed by atoms with Crippen molar-refractivity contribution in [2.24, 2.45) is 39.9 Å². The maximum Gasteiger partial charge on any atom is 0.303 e. The van der Waals surface area contributed by atoms with E-state index in [4.69, 9.17) is 9.47 Å². The molecule has 0 aliphatic heterocycles. The van der Waals surface area contributed by atoms with Gasteiger partial charge in [-0.15, -0.1) is 0 Å². The summed E-state index contributed by atoms with van der Waals surface area (Å²) in [6.45, 7) is 14.2. The Bertz CT molecular complexity index is 1580. The number of esters is 1. The van der Waals surface area contributed by atoms with Crippen LogP contribution in [0.3, 0.4) is 0 Å². The molecule has 48 heavy (non-hydrogen) atoms. The number of hydrogen-bond donors (Lipinski definition) is 3. The zero-order valence-corrected chi connectivity index (χ0v) is 30.7. The first-order valence-corrected chi connectivity index (χ1v) is 19.0. The van der Waals surface area contributed by atoms with Crippen LogP contribution >= 0.6 is 0 Å². The van der Waals surface area contributed by atoms with Crippen molar-refractivity contribution in [3.8, 4) is 5.75 Å². The number of fused-ring (bicyclic) bond motifs is 5. The number of aliphatic hydroxyl groups is 2. The van der Waals surface area contributed by atoms with Crippen LogP contribution in [0.25, 0.3) is 0 Å². The zero-order valence-electron chi connectivity index (χ0n) is 29.8. The molecule has 1 aromatic carbocycles. The lowest BCUT2D eigenvalue weighted by Gasteiger charge is -2.69. The molecule has 3 N–H and O–H groups in total. The van der Waals surface area contributed by atoms with Crippen LogP contribution in [0.4, 0.5) is 0 Å². The summed E-state index contributed by atoms with van der Waals surface area (Å²) in [5.41, 5.74) is 1.01.